The van der Waals surface area contributed by atoms with E-state index in [2.05, 4.69) is 51.9 Å². The molecule has 9 nitrogen and oxygen atoms in total. The molecule has 5 rings (SSSR count). The molecule has 2 aromatic heterocycles. The molecule has 2 fully saturated rings. The SMILES string of the molecule is Cc1ccc(CN(c2ncnc3c2ncn3[C@@H]2O[C@H](CO)[C@@H](O)[C@H]2O)C2CCCC2)cc1C. The van der Waals surface area contributed by atoms with Gasteiger partial charge in [-0.25, -0.2) is 15.0 Å². The van der Waals surface area contributed by atoms with Gasteiger partial charge in [0.25, 0.3) is 0 Å². The summed E-state index contributed by atoms with van der Waals surface area (Å²) in [7, 11) is 0. The van der Waals surface area contributed by atoms with Crippen LogP contribution >= 0.6 is 0 Å². The van der Waals surface area contributed by atoms with Crippen molar-refractivity contribution in [1.82, 2.24) is 19.5 Å². The predicted molar refractivity (Wildman–Crippen MR) is 123 cm³/mol. The maximum atomic E-state index is 10.5. The Morgan fingerprint density at radius 1 is 1.06 bits per heavy atom. The number of imidazole rings is 1. The third kappa shape index (κ3) is 3.99. The van der Waals surface area contributed by atoms with Gasteiger partial charge in [0.1, 0.15) is 24.6 Å². The molecule has 1 aliphatic carbocycles. The van der Waals surface area contributed by atoms with Gasteiger partial charge < -0.3 is 25.0 Å². The fraction of sp³-hybridized carbons (Fsp3) is 0.542. The van der Waals surface area contributed by atoms with Crippen LogP contribution in [0.25, 0.3) is 11.2 Å². The first-order valence-electron chi connectivity index (χ1n) is 11.6. The van der Waals surface area contributed by atoms with Gasteiger partial charge in [-0.05, 0) is 43.4 Å². The molecule has 0 spiro atoms. The van der Waals surface area contributed by atoms with E-state index in [1.54, 1.807) is 10.9 Å². The van der Waals surface area contributed by atoms with Gasteiger partial charge in [-0.15, -0.1) is 0 Å². The van der Waals surface area contributed by atoms with E-state index in [-0.39, 0.29) is 6.61 Å². The summed E-state index contributed by atoms with van der Waals surface area (Å²) in [4.78, 5) is 16.0. The standard InChI is InChI=1S/C24H31N5O4/c1-14-7-8-16(9-15(14)2)10-28(17-5-3-4-6-17)22-19-23(26-12-25-22)29(13-27-19)24-21(32)20(31)18(11-30)33-24/h7-9,12-13,17-18,20-21,24,30-32H,3-6,10-11H2,1-2H3/t18-,20-,21-,24-/m1/s1. The summed E-state index contributed by atoms with van der Waals surface area (Å²) in [6.07, 6.45) is 3.55. The highest BCUT2D eigenvalue weighted by molar-refractivity contribution is 5.83. The number of nitrogens with zero attached hydrogens (tertiary/aromatic N) is 5. The van der Waals surface area contributed by atoms with Crippen molar-refractivity contribution in [2.45, 2.75) is 76.7 Å². The normalized spacial score (nSPS) is 25.8. The molecule has 0 unspecified atom stereocenters. The molecular weight excluding hydrogens is 422 g/mol. The van der Waals surface area contributed by atoms with Crippen LogP contribution in [0.4, 0.5) is 5.82 Å². The van der Waals surface area contributed by atoms with Crippen LogP contribution in [-0.2, 0) is 11.3 Å². The summed E-state index contributed by atoms with van der Waals surface area (Å²) < 4.78 is 7.32. The zero-order chi connectivity index (χ0) is 23.1. The number of aryl methyl sites for hydroxylation is 2. The van der Waals surface area contributed by atoms with Gasteiger partial charge in [-0.1, -0.05) is 31.0 Å². The molecule has 9 heteroatoms. The Morgan fingerprint density at radius 3 is 2.55 bits per heavy atom. The number of hydrogen-bond donors (Lipinski definition) is 3. The summed E-state index contributed by atoms with van der Waals surface area (Å²) in [5, 5.41) is 30.1. The smallest absolute Gasteiger partial charge is 0.167 e. The third-order valence-electron chi connectivity index (χ3n) is 7.09. The summed E-state index contributed by atoms with van der Waals surface area (Å²) in [6, 6.07) is 6.92. The first-order chi connectivity index (χ1) is 16.0. The minimum atomic E-state index is -1.19. The first kappa shape index (κ1) is 22.2. The number of ether oxygens (including phenoxy) is 1. The zero-order valence-electron chi connectivity index (χ0n) is 19.0. The van der Waals surface area contributed by atoms with Crippen molar-refractivity contribution in [2.24, 2.45) is 0 Å². The minimum absolute atomic E-state index is 0.365. The first-order valence-corrected chi connectivity index (χ1v) is 11.6. The molecule has 1 aromatic carbocycles. The highest BCUT2D eigenvalue weighted by atomic mass is 16.6. The molecule has 2 aliphatic rings. The van der Waals surface area contributed by atoms with Gasteiger partial charge in [-0.2, -0.15) is 0 Å². The highest BCUT2D eigenvalue weighted by Gasteiger charge is 2.44. The number of aliphatic hydroxyl groups excluding tert-OH is 3. The van der Waals surface area contributed by atoms with Crippen LogP contribution in [0.2, 0.25) is 0 Å². The average Bonchev–Trinajstić information content (AvgIpc) is 3.55. The van der Waals surface area contributed by atoms with Crippen LogP contribution in [0, 0.1) is 13.8 Å². The lowest BCUT2D eigenvalue weighted by Gasteiger charge is -2.30. The van der Waals surface area contributed by atoms with E-state index in [9.17, 15) is 15.3 Å². The predicted octanol–water partition coefficient (Wildman–Crippen LogP) is 2.00. The second-order valence-corrected chi connectivity index (χ2v) is 9.23. The molecule has 3 N–H and O–H groups in total. The van der Waals surface area contributed by atoms with Gasteiger partial charge in [0.15, 0.2) is 23.2 Å². The highest BCUT2D eigenvalue weighted by Crippen LogP contribution is 2.35. The van der Waals surface area contributed by atoms with Crippen LogP contribution in [0.3, 0.4) is 0 Å². The van der Waals surface area contributed by atoms with E-state index in [0.29, 0.717) is 17.2 Å². The number of aromatic nitrogens is 4. The van der Waals surface area contributed by atoms with Crippen molar-refractivity contribution in [3.63, 3.8) is 0 Å². The number of hydrogen-bond acceptors (Lipinski definition) is 8. The van der Waals surface area contributed by atoms with Crippen molar-refractivity contribution in [1.29, 1.82) is 0 Å². The van der Waals surface area contributed by atoms with E-state index in [0.717, 1.165) is 25.2 Å². The summed E-state index contributed by atoms with van der Waals surface area (Å²) in [6.45, 7) is 4.59. The molecule has 0 radical (unpaired) electrons. The van der Waals surface area contributed by atoms with Crippen molar-refractivity contribution in [2.75, 3.05) is 11.5 Å². The molecule has 33 heavy (non-hydrogen) atoms. The molecule has 176 valence electrons. The van der Waals surface area contributed by atoms with Crippen LogP contribution in [-0.4, -0.2) is 65.8 Å². The topological polar surface area (TPSA) is 117 Å². The fourth-order valence-corrected chi connectivity index (χ4v) is 5.04. The van der Waals surface area contributed by atoms with E-state index in [4.69, 9.17) is 4.74 Å². The Kier molecular flexibility index (Phi) is 6.05. The van der Waals surface area contributed by atoms with Gasteiger partial charge in [0.2, 0.25) is 0 Å². The Morgan fingerprint density at radius 2 is 1.85 bits per heavy atom. The third-order valence-corrected chi connectivity index (χ3v) is 7.09. The average molecular weight is 454 g/mol. The lowest BCUT2D eigenvalue weighted by Crippen LogP contribution is -2.34. The van der Waals surface area contributed by atoms with Crippen LogP contribution in [0.15, 0.2) is 30.9 Å². The van der Waals surface area contributed by atoms with E-state index in [1.807, 2.05) is 0 Å². The molecule has 1 saturated heterocycles. The van der Waals surface area contributed by atoms with Gasteiger partial charge in [-0.3, -0.25) is 4.57 Å². The molecule has 1 aliphatic heterocycles. The van der Waals surface area contributed by atoms with Gasteiger partial charge in [0, 0.05) is 12.6 Å². The molecule has 4 atom stereocenters. The van der Waals surface area contributed by atoms with E-state index >= 15 is 0 Å². The van der Waals surface area contributed by atoms with E-state index < -0.39 is 24.5 Å². The van der Waals surface area contributed by atoms with Gasteiger partial charge in [0.05, 0.1) is 12.9 Å². The van der Waals surface area contributed by atoms with Crippen LogP contribution < -0.4 is 4.90 Å². The number of fused-ring (bicyclic) bond motifs is 1. The Balaban J connectivity index is 1.53. The number of benzene rings is 1. The second-order valence-electron chi connectivity index (χ2n) is 9.23. The zero-order valence-corrected chi connectivity index (χ0v) is 19.0. The maximum absolute atomic E-state index is 10.5. The second kappa shape index (κ2) is 8.98. The van der Waals surface area contributed by atoms with Crippen molar-refractivity contribution < 1.29 is 20.1 Å². The van der Waals surface area contributed by atoms with Gasteiger partial charge >= 0.3 is 0 Å². The summed E-state index contributed by atoms with van der Waals surface area (Å²) in [5.41, 5.74) is 4.91. The Bertz CT molecular complexity index is 1130. The van der Waals surface area contributed by atoms with Crippen molar-refractivity contribution in [3.05, 3.63) is 47.5 Å². The van der Waals surface area contributed by atoms with Crippen molar-refractivity contribution >= 4 is 17.0 Å². The molecule has 3 heterocycles. The van der Waals surface area contributed by atoms with Crippen LogP contribution in [0.5, 0.6) is 0 Å². The lowest BCUT2D eigenvalue weighted by molar-refractivity contribution is -0.0511. The maximum Gasteiger partial charge on any atom is 0.167 e. The lowest BCUT2D eigenvalue weighted by atomic mass is 10.0. The van der Waals surface area contributed by atoms with E-state index in [1.165, 1.54) is 35.9 Å². The molecule has 3 aromatic rings. The Hall–Kier alpha value is -2.59. The largest absolute Gasteiger partial charge is 0.394 e. The number of rotatable bonds is 6. The Labute approximate surface area is 192 Å². The molecule has 0 amide bonds. The van der Waals surface area contributed by atoms with Crippen LogP contribution in [0.1, 0.15) is 48.6 Å². The number of anilines is 1. The quantitative estimate of drug-likeness (QED) is 0.519. The molecule has 0 bridgehead atoms. The van der Waals surface area contributed by atoms with Crippen molar-refractivity contribution in [3.8, 4) is 0 Å². The molecule has 1 saturated carbocycles. The minimum Gasteiger partial charge on any atom is -0.394 e. The summed E-state index contributed by atoms with van der Waals surface area (Å²) >= 11 is 0. The number of aliphatic hydroxyl groups is 3. The fourth-order valence-electron chi connectivity index (χ4n) is 5.04. The monoisotopic (exact) mass is 453 g/mol. The summed E-state index contributed by atoms with van der Waals surface area (Å²) in [5.74, 6) is 0.760. The molecular formula is C24H31N5O4.